The van der Waals surface area contributed by atoms with Crippen molar-refractivity contribution >= 4 is 5.91 Å². The quantitative estimate of drug-likeness (QED) is 0.547. The molecular formula is C31H45N3O3. The highest BCUT2D eigenvalue weighted by Crippen LogP contribution is 2.40. The SMILES string of the molecule is CC[C@H](C)[C@@H](CN1CC[C@@](C)(c2cccc(OC)c2)[C@@H](C)C1)NC(=O)[C@H]1Cc2ccc(O)cc2CN1C. The number of hydrogen-bond donors (Lipinski definition) is 2. The van der Waals surface area contributed by atoms with Crippen LogP contribution in [0.1, 0.15) is 57.2 Å². The van der Waals surface area contributed by atoms with Gasteiger partial charge in [0.25, 0.3) is 0 Å². The molecule has 1 fully saturated rings. The number of carbonyl (C=O) groups excluding carboxylic acids is 1. The summed E-state index contributed by atoms with van der Waals surface area (Å²) in [5.41, 5.74) is 3.70. The summed E-state index contributed by atoms with van der Waals surface area (Å²) < 4.78 is 5.49. The van der Waals surface area contributed by atoms with Gasteiger partial charge in [-0.15, -0.1) is 0 Å². The Labute approximate surface area is 223 Å². The van der Waals surface area contributed by atoms with Gasteiger partial charge in [0.05, 0.1) is 13.2 Å². The average Bonchev–Trinajstić information content (AvgIpc) is 2.89. The summed E-state index contributed by atoms with van der Waals surface area (Å²) in [4.78, 5) is 18.2. The summed E-state index contributed by atoms with van der Waals surface area (Å²) in [5.74, 6) is 2.19. The minimum Gasteiger partial charge on any atom is -0.508 e. The van der Waals surface area contributed by atoms with Gasteiger partial charge in [0, 0.05) is 25.7 Å². The van der Waals surface area contributed by atoms with Crippen LogP contribution < -0.4 is 10.1 Å². The van der Waals surface area contributed by atoms with E-state index in [9.17, 15) is 9.90 Å². The van der Waals surface area contributed by atoms with Crippen LogP contribution in [0, 0.1) is 11.8 Å². The number of hydrogen-bond acceptors (Lipinski definition) is 5. The highest BCUT2D eigenvalue weighted by atomic mass is 16.5. The van der Waals surface area contributed by atoms with E-state index in [1.165, 1.54) is 5.56 Å². The summed E-state index contributed by atoms with van der Waals surface area (Å²) in [6.07, 6.45) is 2.78. The predicted octanol–water partition coefficient (Wildman–Crippen LogP) is 4.59. The molecule has 0 aliphatic carbocycles. The molecule has 2 aliphatic rings. The number of fused-ring (bicyclic) bond motifs is 1. The zero-order chi connectivity index (χ0) is 26.7. The van der Waals surface area contributed by atoms with Crippen LogP contribution in [0.3, 0.4) is 0 Å². The molecule has 0 unspecified atom stereocenters. The fraction of sp³-hybridized carbons (Fsp3) is 0.581. The summed E-state index contributed by atoms with van der Waals surface area (Å²) >= 11 is 0. The minimum atomic E-state index is -0.194. The van der Waals surface area contributed by atoms with Crippen LogP contribution in [0.5, 0.6) is 11.5 Å². The van der Waals surface area contributed by atoms with E-state index >= 15 is 0 Å². The molecule has 5 atom stereocenters. The zero-order valence-corrected chi connectivity index (χ0v) is 23.5. The number of phenolic OH excluding ortho intramolecular Hbond substituents is 1. The Bertz CT molecular complexity index is 1090. The maximum atomic E-state index is 13.5. The molecule has 202 valence electrons. The number of phenols is 1. The van der Waals surface area contributed by atoms with Crippen LogP contribution >= 0.6 is 0 Å². The Balaban J connectivity index is 1.42. The molecule has 1 amide bonds. The number of ether oxygens (including phenoxy) is 1. The number of rotatable bonds is 8. The molecular weight excluding hydrogens is 462 g/mol. The summed E-state index contributed by atoms with van der Waals surface area (Å²) in [7, 11) is 3.73. The fourth-order valence-electron chi connectivity index (χ4n) is 6.09. The molecule has 2 aliphatic heterocycles. The third-order valence-corrected chi connectivity index (χ3v) is 9.27. The second kappa shape index (κ2) is 11.4. The second-order valence-electron chi connectivity index (χ2n) is 11.6. The lowest BCUT2D eigenvalue weighted by Crippen LogP contribution is -2.56. The molecule has 0 radical (unpaired) electrons. The Hall–Kier alpha value is -2.57. The monoisotopic (exact) mass is 507 g/mol. The highest BCUT2D eigenvalue weighted by Gasteiger charge is 2.39. The number of methoxy groups -OCH3 is 1. The molecule has 6 heteroatoms. The van der Waals surface area contributed by atoms with E-state index in [2.05, 4.69) is 61.0 Å². The first kappa shape index (κ1) is 27.5. The first-order valence-electron chi connectivity index (χ1n) is 13.8. The third-order valence-electron chi connectivity index (χ3n) is 9.27. The smallest absolute Gasteiger partial charge is 0.237 e. The molecule has 6 nitrogen and oxygen atoms in total. The van der Waals surface area contributed by atoms with Crippen molar-refractivity contribution < 1.29 is 14.6 Å². The molecule has 2 heterocycles. The minimum absolute atomic E-state index is 0.104. The van der Waals surface area contributed by atoms with E-state index < -0.39 is 0 Å². The number of nitrogens with zero attached hydrogens (tertiary/aromatic N) is 2. The zero-order valence-electron chi connectivity index (χ0n) is 23.5. The van der Waals surface area contributed by atoms with Crippen LogP contribution in [-0.2, 0) is 23.2 Å². The molecule has 2 N–H and O–H groups in total. The van der Waals surface area contributed by atoms with E-state index in [1.54, 1.807) is 13.2 Å². The van der Waals surface area contributed by atoms with Gasteiger partial charge in [0.15, 0.2) is 0 Å². The Kier molecular flexibility index (Phi) is 8.49. The topological polar surface area (TPSA) is 65.0 Å². The molecule has 0 aromatic heterocycles. The van der Waals surface area contributed by atoms with Gasteiger partial charge < -0.3 is 20.1 Å². The number of aromatic hydroxyl groups is 1. The highest BCUT2D eigenvalue weighted by molar-refractivity contribution is 5.82. The standard InChI is InChI=1S/C31H45N3O3/c1-7-21(2)28(32-30(36)29-16-23-11-12-26(35)15-24(23)19-33(29)5)20-34-14-13-31(4,22(3)18-34)25-9-8-10-27(17-25)37-6/h8-12,15,17,21-22,28-29,35H,7,13-14,16,18-20H2,1-6H3,(H,32,36)/t21-,22-,28+,29+,31+/m0/s1. The van der Waals surface area contributed by atoms with Gasteiger partial charge in [0.2, 0.25) is 5.91 Å². The van der Waals surface area contributed by atoms with Crippen molar-refractivity contribution in [3.05, 3.63) is 59.2 Å². The Morgan fingerprint density at radius 1 is 1.24 bits per heavy atom. The van der Waals surface area contributed by atoms with E-state index in [-0.39, 0.29) is 29.2 Å². The number of benzene rings is 2. The maximum absolute atomic E-state index is 13.5. The maximum Gasteiger partial charge on any atom is 0.237 e. The van der Waals surface area contributed by atoms with Crippen LogP contribution in [0.2, 0.25) is 0 Å². The van der Waals surface area contributed by atoms with E-state index in [0.29, 0.717) is 24.8 Å². The van der Waals surface area contributed by atoms with Crippen molar-refractivity contribution in [2.45, 2.75) is 71.0 Å². The van der Waals surface area contributed by atoms with Crippen LogP contribution in [0.25, 0.3) is 0 Å². The molecule has 0 bridgehead atoms. The average molecular weight is 508 g/mol. The molecule has 37 heavy (non-hydrogen) atoms. The van der Waals surface area contributed by atoms with Crippen molar-refractivity contribution in [3.8, 4) is 11.5 Å². The Morgan fingerprint density at radius 3 is 2.73 bits per heavy atom. The lowest BCUT2D eigenvalue weighted by Gasteiger charge is -2.46. The van der Waals surface area contributed by atoms with Gasteiger partial charge in [-0.25, -0.2) is 0 Å². The first-order chi connectivity index (χ1) is 17.6. The van der Waals surface area contributed by atoms with Gasteiger partial charge in [0.1, 0.15) is 11.5 Å². The van der Waals surface area contributed by atoms with Gasteiger partial charge in [-0.2, -0.15) is 0 Å². The molecule has 4 rings (SSSR count). The van der Waals surface area contributed by atoms with Crippen LogP contribution in [0.4, 0.5) is 0 Å². The largest absolute Gasteiger partial charge is 0.508 e. The summed E-state index contributed by atoms with van der Waals surface area (Å²) in [6.45, 7) is 12.8. The number of likely N-dealkylation sites (tertiary alicyclic amines) is 1. The van der Waals surface area contributed by atoms with Gasteiger partial charge in [-0.1, -0.05) is 52.3 Å². The molecule has 0 saturated carbocycles. The third kappa shape index (κ3) is 5.96. The molecule has 2 aromatic rings. The van der Waals surface area contributed by atoms with Gasteiger partial charge in [-0.05, 0) is 84.6 Å². The number of piperidine rings is 1. The summed E-state index contributed by atoms with van der Waals surface area (Å²) in [5, 5.41) is 13.3. The van der Waals surface area contributed by atoms with Gasteiger partial charge in [-0.3, -0.25) is 9.69 Å². The number of likely N-dealkylation sites (N-methyl/N-ethyl adjacent to an activating group) is 1. The molecule has 0 spiro atoms. The first-order valence-corrected chi connectivity index (χ1v) is 13.8. The van der Waals surface area contributed by atoms with E-state index in [4.69, 9.17) is 4.74 Å². The number of carbonyl (C=O) groups is 1. The van der Waals surface area contributed by atoms with Gasteiger partial charge >= 0.3 is 0 Å². The second-order valence-corrected chi connectivity index (χ2v) is 11.6. The van der Waals surface area contributed by atoms with Crippen molar-refractivity contribution in [2.24, 2.45) is 11.8 Å². The van der Waals surface area contributed by atoms with Crippen molar-refractivity contribution in [1.82, 2.24) is 15.1 Å². The van der Waals surface area contributed by atoms with Crippen LogP contribution in [-0.4, -0.2) is 66.7 Å². The Morgan fingerprint density at radius 2 is 2.03 bits per heavy atom. The van der Waals surface area contributed by atoms with Crippen molar-refractivity contribution in [2.75, 3.05) is 33.8 Å². The normalized spacial score (nSPS) is 26.2. The lowest BCUT2D eigenvalue weighted by atomic mass is 9.68. The fourth-order valence-corrected chi connectivity index (χ4v) is 6.09. The van der Waals surface area contributed by atoms with E-state index in [0.717, 1.165) is 49.4 Å². The van der Waals surface area contributed by atoms with E-state index in [1.807, 2.05) is 25.2 Å². The molecule has 2 aromatic carbocycles. The van der Waals surface area contributed by atoms with Crippen molar-refractivity contribution in [1.29, 1.82) is 0 Å². The van der Waals surface area contributed by atoms with Crippen LogP contribution in [0.15, 0.2) is 42.5 Å². The van der Waals surface area contributed by atoms with Crippen molar-refractivity contribution in [3.63, 3.8) is 0 Å². The molecule has 1 saturated heterocycles. The number of amides is 1. The predicted molar refractivity (Wildman–Crippen MR) is 149 cm³/mol. The lowest BCUT2D eigenvalue weighted by molar-refractivity contribution is -0.127. The summed E-state index contributed by atoms with van der Waals surface area (Å²) in [6, 6.07) is 13.9. The number of nitrogens with one attached hydrogen (secondary N) is 1.